The van der Waals surface area contributed by atoms with E-state index in [1.807, 2.05) is 6.07 Å². The highest BCUT2D eigenvalue weighted by molar-refractivity contribution is 7.16. The van der Waals surface area contributed by atoms with Crippen LogP contribution in [0.5, 0.6) is 11.5 Å². The molecule has 0 bridgehead atoms. The van der Waals surface area contributed by atoms with Crippen molar-refractivity contribution in [2.24, 2.45) is 4.99 Å². The summed E-state index contributed by atoms with van der Waals surface area (Å²) in [6.45, 7) is 1.99. The summed E-state index contributed by atoms with van der Waals surface area (Å²) in [7, 11) is 0. The van der Waals surface area contributed by atoms with Crippen LogP contribution < -0.4 is 14.3 Å². The van der Waals surface area contributed by atoms with Crippen LogP contribution in [-0.2, 0) is 16.1 Å². The lowest BCUT2D eigenvalue weighted by Gasteiger charge is -2.06. The van der Waals surface area contributed by atoms with Gasteiger partial charge in [-0.25, -0.2) is 0 Å². The largest absolute Gasteiger partial charge is 0.465 e. The fraction of sp³-hybridized carbons (Fsp3) is 0.154. The molecule has 1 amide bonds. The van der Waals surface area contributed by atoms with Gasteiger partial charge in [0.2, 0.25) is 6.79 Å². The molecule has 3 aromatic carbocycles. The van der Waals surface area contributed by atoms with Crippen molar-refractivity contribution >= 4 is 39.2 Å². The quantitative estimate of drug-likeness (QED) is 0.301. The van der Waals surface area contributed by atoms with E-state index in [0.29, 0.717) is 38.5 Å². The molecule has 0 N–H and O–H groups in total. The molecule has 8 nitrogen and oxygen atoms in total. The summed E-state index contributed by atoms with van der Waals surface area (Å²) >= 11 is 1.26. The average Bonchev–Trinajstić information content (AvgIpc) is 3.46. The lowest BCUT2D eigenvalue weighted by Crippen LogP contribution is -2.23. The van der Waals surface area contributed by atoms with Crippen LogP contribution >= 0.6 is 11.3 Å². The molecule has 0 unspecified atom stereocenters. The first-order valence-electron chi connectivity index (χ1n) is 10.9. The molecule has 2 heterocycles. The number of amides is 1. The Morgan fingerprint density at radius 2 is 1.60 bits per heavy atom. The van der Waals surface area contributed by atoms with Gasteiger partial charge in [0.15, 0.2) is 22.1 Å². The molecule has 0 saturated carbocycles. The van der Waals surface area contributed by atoms with Gasteiger partial charge < -0.3 is 18.8 Å². The van der Waals surface area contributed by atoms with Crippen LogP contribution in [0.1, 0.15) is 33.2 Å². The summed E-state index contributed by atoms with van der Waals surface area (Å²) in [6, 6.07) is 18.8. The molecule has 0 radical (unpaired) electrons. The van der Waals surface area contributed by atoms with Gasteiger partial charge in [-0.15, -0.1) is 0 Å². The number of fused-ring (bicyclic) bond motifs is 2. The minimum atomic E-state index is -0.493. The SMILES string of the molecule is CCOC(=O)Cn1c(=NC(=O)c2ccc(C(=O)c3ccccc3)cc2)sc2cc3c(cc21)OCO3. The van der Waals surface area contributed by atoms with Crippen LogP contribution in [0.4, 0.5) is 0 Å². The first kappa shape index (κ1) is 22.5. The number of hydrogen-bond acceptors (Lipinski definition) is 7. The maximum absolute atomic E-state index is 13.0. The Balaban J connectivity index is 1.49. The highest BCUT2D eigenvalue weighted by atomic mass is 32.1. The van der Waals surface area contributed by atoms with Crippen molar-refractivity contribution in [3.8, 4) is 11.5 Å². The smallest absolute Gasteiger partial charge is 0.326 e. The molecule has 4 aromatic rings. The van der Waals surface area contributed by atoms with E-state index in [4.69, 9.17) is 14.2 Å². The summed E-state index contributed by atoms with van der Waals surface area (Å²) in [5.74, 6) is 0.0920. The zero-order valence-electron chi connectivity index (χ0n) is 18.7. The summed E-state index contributed by atoms with van der Waals surface area (Å²) in [6.07, 6.45) is 0. The number of hydrogen-bond donors (Lipinski definition) is 0. The maximum atomic E-state index is 13.0. The molecule has 176 valence electrons. The molecular weight excluding hydrogens is 468 g/mol. The molecule has 1 aromatic heterocycles. The number of ketones is 1. The van der Waals surface area contributed by atoms with Crippen molar-refractivity contribution in [2.45, 2.75) is 13.5 Å². The van der Waals surface area contributed by atoms with Gasteiger partial charge in [-0.1, -0.05) is 53.8 Å². The van der Waals surface area contributed by atoms with Crippen molar-refractivity contribution in [3.63, 3.8) is 0 Å². The second-order valence-electron chi connectivity index (χ2n) is 7.64. The Morgan fingerprint density at radius 3 is 2.31 bits per heavy atom. The van der Waals surface area contributed by atoms with Crippen molar-refractivity contribution in [1.82, 2.24) is 4.57 Å². The Labute approximate surface area is 204 Å². The zero-order valence-corrected chi connectivity index (χ0v) is 19.5. The van der Waals surface area contributed by atoms with E-state index < -0.39 is 11.9 Å². The van der Waals surface area contributed by atoms with Crippen molar-refractivity contribution in [1.29, 1.82) is 0 Å². The fourth-order valence-electron chi connectivity index (χ4n) is 3.71. The highest BCUT2D eigenvalue weighted by Crippen LogP contribution is 2.37. The van der Waals surface area contributed by atoms with E-state index in [9.17, 15) is 14.4 Å². The van der Waals surface area contributed by atoms with Crippen molar-refractivity contribution in [2.75, 3.05) is 13.4 Å². The molecule has 5 rings (SSSR count). The van der Waals surface area contributed by atoms with E-state index in [1.165, 1.54) is 11.3 Å². The molecule has 1 aliphatic heterocycles. The van der Waals surface area contributed by atoms with E-state index in [2.05, 4.69) is 4.99 Å². The van der Waals surface area contributed by atoms with Crippen LogP contribution in [0, 0.1) is 0 Å². The molecule has 0 spiro atoms. The first-order chi connectivity index (χ1) is 17.0. The van der Waals surface area contributed by atoms with Crippen LogP contribution in [0.15, 0.2) is 71.7 Å². The van der Waals surface area contributed by atoms with Gasteiger partial charge in [0.25, 0.3) is 5.91 Å². The van der Waals surface area contributed by atoms with E-state index >= 15 is 0 Å². The normalized spacial score (nSPS) is 12.7. The number of carbonyl (C=O) groups excluding carboxylic acids is 3. The summed E-state index contributed by atoms with van der Waals surface area (Å²) < 4.78 is 18.4. The van der Waals surface area contributed by atoms with Crippen LogP contribution in [-0.4, -0.2) is 35.6 Å². The molecule has 9 heteroatoms. The van der Waals surface area contributed by atoms with E-state index in [0.717, 1.165) is 4.70 Å². The predicted molar refractivity (Wildman–Crippen MR) is 129 cm³/mol. The van der Waals surface area contributed by atoms with Crippen LogP contribution in [0.2, 0.25) is 0 Å². The number of rotatable bonds is 6. The number of carbonyl (C=O) groups is 3. The first-order valence-corrected chi connectivity index (χ1v) is 11.7. The monoisotopic (exact) mass is 488 g/mol. The van der Waals surface area contributed by atoms with Gasteiger partial charge in [-0.2, -0.15) is 4.99 Å². The predicted octanol–water partition coefficient (Wildman–Crippen LogP) is 3.97. The zero-order chi connectivity index (χ0) is 24.4. The summed E-state index contributed by atoms with van der Waals surface area (Å²) in [5.41, 5.74) is 2.05. The second kappa shape index (κ2) is 9.55. The number of ether oxygens (including phenoxy) is 3. The van der Waals surface area contributed by atoms with E-state index in [-0.39, 0.29) is 25.7 Å². The van der Waals surface area contributed by atoms with Gasteiger partial charge >= 0.3 is 5.97 Å². The van der Waals surface area contributed by atoms with Crippen LogP contribution in [0.3, 0.4) is 0 Å². The minimum Gasteiger partial charge on any atom is -0.465 e. The standard InChI is InChI=1S/C26H20N2O6S/c1-2-32-23(29)14-28-19-12-20-21(34-15-33-20)13-22(19)35-26(28)27-25(31)18-10-8-17(9-11-18)24(30)16-6-4-3-5-7-16/h3-13H,2,14-15H2,1H3. The Kier molecular flexibility index (Phi) is 6.15. The molecule has 35 heavy (non-hydrogen) atoms. The van der Waals surface area contributed by atoms with Crippen molar-refractivity contribution < 1.29 is 28.6 Å². The molecule has 0 fully saturated rings. The van der Waals surface area contributed by atoms with Gasteiger partial charge in [0, 0.05) is 28.8 Å². The Bertz CT molecular complexity index is 1500. The highest BCUT2D eigenvalue weighted by Gasteiger charge is 2.20. The third-order valence-corrected chi connectivity index (χ3v) is 6.44. The minimum absolute atomic E-state index is 0.107. The third-order valence-electron chi connectivity index (χ3n) is 5.40. The molecule has 1 aliphatic rings. The van der Waals surface area contributed by atoms with Gasteiger partial charge in [0.1, 0.15) is 6.54 Å². The lowest BCUT2D eigenvalue weighted by molar-refractivity contribution is -0.143. The second-order valence-corrected chi connectivity index (χ2v) is 8.65. The number of benzene rings is 3. The molecular formula is C26H20N2O6S. The topological polar surface area (TPSA) is 96.2 Å². The fourth-order valence-corrected chi connectivity index (χ4v) is 4.74. The number of nitrogens with zero attached hydrogens (tertiary/aromatic N) is 2. The molecule has 0 saturated heterocycles. The van der Waals surface area contributed by atoms with Crippen molar-refractivity contribution in [3.05, 3.63) is 88.2 Å². The molecule has 0 atom stereocenters. The Hall–Kier alpha value is -4.24. The van der Waals surface area contributed by atoms with Gasteiger partial charge in [0.05, 0.1) is 16.8 Å². The van der Waals surface area contributed by atoms with Gasteiger partial charge in [-0.05, 0) is 19.1 Å². The molecule has 0 aliphatic carbocycles. The van der Waals surface area contributed by atoms with E-state index in [1.54, 1.807) is 72.2 Å². The number of thiazole rings is 1. The summed E-state index contributed by atoms with van der Waals surface area (Å²) in [5, 5.41) is 0. The third kappa shape index (κ3) is 4.58. The lowest BCUT2D eigenvalue weighted by atomic mass is 10.0. The number of esters is 1. The summed E-state index contributed by atoms with van der Waals surface area (Å²) in [4.78, 5) is 42.5. The van der Waals surface area contributed by atoms with Crippen LogP contribution in [0.25, 0.3) is 10.2 Å². The van der Waals surface area contributed by atoms with Gasteiger partial charge in [-0.3, -0.25) is 14.4 Å². The maximum Gasteiger partial charge on any atom is 0.326 e. The average molecular weight is 489 g/mol. The number of aromatic nitrogens is 1. The Morgan fingerprint density at radius 1 is 0.943 bits per heavy atom.